The first-order valence-corrected chi connectivity index (χ1v) is 8.15. The Morgan fingerprint density at radius 1 is 1.35 bits per heavy atom. The van der Waals surface area contributed by atoms with E-state index in [-0.39, 0.29) is 11.8 Å². The Hall–Kier alpha value is -0.610. The molecule has 0 bridgehead atoms. The molecule has 0 aliphatic heterocycles. The Morgan fingerprint density at radius 2 is 2.05 bits per heavy atom. The van der Waals surface area contributed by atoms with Gasteiger partial charge in [-0.1, -0.05) is 6.92 Å². The maximum absolute atomic E-state index is 12.2. The van der Waals surface area contributed by atoms with Crippen LogP contribution in [0.5, 0.6) is 0 Å². The maximum Gasteiger partial charge on any atom is 0.223 e. The summed E-state index contributed by atoms with van der Waals surface area (Å²) in [4.78, 5) is 14.5. The number of amides is 1. The lowest BCUT2D eigenvalue weighted by Gasteiger charge is -2.31. The molecule has 0 spiro atoms. The van der Waals surface area contributed by atoms with Crippen molar-refractivity contribution in [1.82, 2.24) is 10.2 Å². The largest absolute Gasteiger partial charge is 0.356 e. The first-order chi connectivity index (χ1) is 9.41. The fraction of sp³-hybridized carbons (Fsp3) is 0.938. The fourth-order valence-electron chi connectivity index (χ4n) is 2.91. The van der Waals surface area contributed by atoms with Crippen LogP contribution in [0.2, 0.25) is 0 Å². The molecule has 3 unspecified atom stereocenters. The molecule has 1 rings (SSSR count). The van der Waals surface area contributed by atoms with E-state index in [9.17, 15) is 4.79 Å². The van der Waals surface area contributed by atoms with E-state index >= 15 is 0 Å². The van der Waals surface area contributed by atoms with E-state index < -0.39 is 0 Å². The van der Waals surface area contributed by atoms with Gasteiger partial charge >= 0.3 is 0 Å². The number of carbonyl (C=O) groups is 1. The number of rotatable bonds is 7. The van der Waals surface area contributed by atoms with Gasteiger partial charge in [0.2, 0.25) is 5.91 Å². The molecule has 4 nitrogen and oxygen atoms in total. The molecule has 1 aliphatic carbocycles. The standard InChI is InChI=1S/C16H33N3O/c1-12(2)19(4)10-6-5-9-18-16(20)15-8-7-14(17)11-13(15)3/h12-15H,5-11,17H2,1-4H3,(H,18,20). The molecule has 0 aromatic heterocycles. The molecule has 0 aromatic carbocycles. The maximum atomic E-state index is 12.2. The first-order valence-electron chi connectivity index (χ1n) is 8.15. The SMILES string of the molecule is CC1CC(N)CCC1C(=O)NCCCCN(C)C(C)C. The fourth-order valence-corrected chi connectivity index (χ4v) is 2.91. The number of carbonyl (C=O) groups excluding carboxylic acids is 1. The summed E-state index contributed by atoms with van der Waals surface area (Å²) in [6, 6.07) is 0.887. The zero-order chi connectivity index (χ0) is 15.1. The molecule has 118 valence electrons. The van der Waals surface area contributed by atoms with Crippen molar-refractivity contribution in [2.75, 3.05) is 20.1 Å². The monoisotopic (exact) mass is 283 g/mol. The van der Waals surface area contributed by atoms with Gasteiger partial charge in [-0.2, -0.15) is 0 Å². The molecule has 0 aromatic rings. The lowest BCUT2D eigenvalue weighted by Crippen LogP contribution is -2.41. The molecule has 1 saturated carbocycles. The summed E-state index contributed by atoms with van der Waals surface area (Å²) in [6.45, 7) is 8.47. The van der Waals surface area contributed by atoms with Crippen LogP contribution in [0.15, 0.2) is 0 Å². The number of hydrogen-bond donors (Lipinski definition) is 2. The van der Waals surface area contributed by atoms with Crippen molar-refractivity contribution in [3.63, 3.8) is 0 Å². The van der Waals surface area contributed by atoms with Gasteiger partial charge in [0, 0.05) is 24.5 Å². The predicted octanol–water partition coefficient (Wildman–Crippen LogP) is 1.99. The van der Waals surface area contributed by atoms with Gasteiger partial charge in [-0.3, -0.25) is 4.79 Å². The van der Waals surface area contributed by atoms with Crippen molar-refractivity contribution in [3.05, 3.63) is 0 Å². The number of nitrogens with two attached hydrogens (primary N) is 1. The highest BCUT2D eigenvalue weighted by Crippen LogP contribution is 2.29. The average Bonchev–Trinajstić information content (AvgIpc) is 2.37. The Kier molecular flexibility index (Phi) is 7.52. The highest BCUT2D eigenvalue weighted by Gasteiger charge is 2.30. The summed E-state index contributed by atoms with van der Waals surface area (Å²) < 4.78 is 0. The van der Waals surface area contributed by atoms with E-state index in [0.717, 1.165) is 45.2 Å². The van der Waals surface area contributed by atoms with Crippen molar-refractivity contribution in [3.8, 4) is 0 Å². The summed E-state index contributed by atoms with van der Waals surface area (Å²) in [5, 5.41) is 3.10. The van der Waals surface area contributed by atoms with E-state index in [1.54, 1.807) is 0 Å². The van der Waals surface area contributed by atoms with E-state index in [1.807, 2.05) is 0 Å². The third-order valence-corrected chi connectivity index (χ3v) is 4.67. The highest BCUT2D eigenvalue weighted by atomic mass is 16.1. The average molecular weight is 283 g/mol. The van der Waals surface area contributed by atoms with Gasteiger partial charge in [0.1, 0.15) is 0 Å². The van der Waals surface area contributed by atoms with Crippen molar-refractivity contribution in [1.29, 1.82) is 0 Å². The molecule has 3 atom stereocenters. The molecular weight excluding hydrogens is 250 g/mol. The lowest BCUT2D eigenvalue weighted by molar-refractivity contribution is -0.127. The Morgan fingerprint density at radius 3 is 2.65 bits per heavy atom. The lowest BCUT2D eigenvalue weighted by atomic mass is 9.78. The van der Waals surface area contributed by atoms with Gasteiger partial charge in [0.15, 0.2) is 0 Å². The van der Waals surface area contributed by atoms with Crippen LogP contribution in [0, 0.1) is 11.8 Å². The van der Waals surface area contributed by atoms with E-state index in [4.69, 9.17) is 5.73 Å². The normalized spacial score (nSPS) is 27.1. The third-order valence-electron chi connectivity index (χ3n) is 4.67. The van der Waals surface area contributed by atoms with Gasteiger partial charge in [-0.25, -0.2) is 0 Å². The summed E-state index contributed by atoms with van der Waals surface area (Å²) in [7, 11) is 2.15. The van der Waals surface area contributed by atoms with E-state index in [2.05, 4.69) is 38.0 Å². The van der Waals surface area contributed by atoms with Crippen LogP contribution in [0.25, 0.3) is 0 Å². The second-order valence-corrected chi connectivity index (χ2v) is 6.73. The van der Waals surface area contributed by atoms with E-state index in [1.165, 1.54) is 0 Å². The topological polar surface area (TPSA) is 58.4 Å². The summed E-state index contributed by atoms with van der Waals surface area (Å²) >= 11 is 0. The molecule has 0 radical (unpaired) electrons. The third kappa shape index (κ3) is 5.80. The molecule has 0 heterocycles. The Bertz CT molecular complexity index is 293. The summed E-state index contributed by atoms with van der Waals surface area (Å²) in [5.74, 6) is 0.834. The van der Waals surface area contributed by atoms with Gasteiger partial charge in [-0.15, -0.1) is 0 Å². The minimum absolute atomic E-state index is 0.174. The molecule has 4 heteroatoms. The minimum Gasteiger partial charge on any atom is -0.356 e. The molecule has 1 aliphatic rings. The van der Waals surface area contributed by atoms with Crippen LogP contribution in [-0.4, -0.2) is 43.0 Å². The van der Waals surface area contributed by atoms with Crippen molar-refractivity contribution >= 4 is 5.91 Å². The number of hydrogen-bond acceptors (Lipinski definition) is 3. The predicted molar refractivity (Wildman–Crippen MR) is 84.5 cm³/mol. The smallest absolute Gasteiger partial charge is 0.223 e. The van der Waals surface area contributed by atoms with Crippen molar-refractivity contribution in [2.45, 2.75) is 65.0 Å². The van der Waals surface area contributed by atoms with Crippen LogP contribution in [0.3, 0.4) is 0 Å². The second-order valence-electron chi connectivity index (χ2n) is 6.73. The van der Waals surface area contributed by atoms with Gasteiger partial charge in [0.25, 0.3) is 0 Å². The van der Waals surface area contributed by atoms with Crippen molar-refractivity contribution in [2.24, 2.45) is 17.6 Å². The van der Waals surface area contributed by atoms with Crippen LogP contribution in [0.4, 0.5) is 0 Å². The molecule has 3 N–H and O–H groups in total. The van der Waals surface area contributed by atoms with Crippen LogP contribution >= 0.6 is 0 Å². The van der Waals surface area contributed by atoms with Crippen LogP contribution in [-0.2, 0) is 4.79 Å². The van der Waals surface area contributed by atoms with E-state index in [0.29, 0.717) is 18.0 Å². The number of nitrogens with zero attached hydrogens (tertiary/aromatic N) is 1. The first kappa shape index (κ1) is 17.4. The summed E-state index contributed by atoms with van der Waals surface area (Å²) in [5.41, 5.74) is 5.94. The quantitative estimate of drug-likeness (QED) is 0.703. The Balaban J connectivity index is 2.14. The van der Waals surface area contributed by atoms with Gasteiger partial charge in [-0.05, 0) is 65.5 Å². The van der Waals surface area contributed by atoms with Gasteiger partial charge < -0.3 is 16.0 Å². The summed E-state index contributed by atoms with van der Waals surface area (Å²) in [6.07, 6.45) is 5.12. The zero-order valence-corrected chi connectivity index (χ0v) is 13.7. The molecule has 0 saturated heterocycles. The second kappa shape index (κ2) is 8.63. The van der Waals surface area contributed by atoms with Crippen LogP contribution in [0.1, 0.15) is 52.9 Å². The van der Waals surface area contributed by atoms with Crippen molar-refractivity contribution < 1.29 is 4.79 Å². The van der Waals surface area contributed by atoms with Crippen LogP contribution < -0.4 is 11.1 Å². The number of nitrogens with one attached hydrogen (secondary N) is 1. The molecule has 1 amide bonds. The molecule has 1 fully saturated rings. The highest BCUT2D eigenvalue weighted by molar-refractivity contribution is 5.79. The molecular formula is C16H33N3O. The number of unbranched alkanes of at least 4 members (excludes halogenated alkanes) is 1. The Labute approximate surface area is 124 Å². The van der Waals surface area contributed by atoms with Gasteiger partial charge in [0.05, 0.1) is 0 Å². The minimum atomic E-state index is 0.174. The molecule has 20 heavy (non-hydrogen) atoms. The zero-order valence-electron chi connectivity index (χ0n) is 13.7.